The van der Waals surface area contributed by atoms with E-state index >= 15 is 0 Å². The first-order valence-electron chi connectivity index (χ1n) is 8.37. The van der Waals surface area contributed by atoms with Crippen LogP contribution in [0.2, 0.25) is 0 Å². The molecule has 1 aromatic heterocycles. The van der Waals surface area contributed by atoms with E-state index in [2.05, 4.69) is 10.0 Å². The number of amides is 1. The third-order valence-electron chi connectivity index (χ3n) is 3.98. The van der Waals surface area contributed by atoms with Crippen LogP contribution in [0.15, 0.2) is 76.2 Å². The van der Waals surface area contributed by atoms with Crippen molar-refractivity contribution in [1.82, 2.24) is 10.0 Å². The molecule has 0 saturated heterocycles. The minimum atomic E-state index is -3.71. The minimum Gasteiger partial charge on any atom is -0.468 e. The van der Waals surface area contributed by atoms with E-state index in [-0.39, 0.29) is 17.3 Å². The summed E-state index contributed by atoms with van der Waals surface area (Å²) in [5.41, 5.74) is 1.75. The van der Waals surface area contributed by atoms with Crippen LogP contribution in [0.5, 0.6) is 0 Å². The lowest BCUT2D eigenvalue weighted by Gasteiger charge is -2.08. The van der Waals surface area contributed by atoms with E-state index in [9.17, 15) is 13.2 Å². The number of nitrogens with zero attached hydrogens (tertiary/aromatic N) is 1. The summed E-state index contributed by atoms with van der Waals surface area (Å²) < 4.78 is 32.1. The van der Waals surface area contributed by atoms with Gasteiger partial charge in [0, 0.05) is 12.1 Å². The summed E-state index contributed by atoms with van der Waals surface area (Å²) in [5, 5.41) is 11.5. The van der Waals surface area contributed by atoms with Crippen LogP contribution < -0.4 is 10.0 Å². The van der Waals surface area contributed by atoms with Crippen molar-refractivity contribution in [3.63, 3.8) is 0 Å². The van der Waals surface area contributed by atoms with Crippen molar-refractivity contribution in [2.24, 2.45) is 0 Å². The lowest BCUT2D eigenvalue weighted by molar-refractivity contribution is 0.0951. The molecular formula is C20H17N3O4S. The number of rotatable bonds is 7. The van der Waals surface area contributed by atoms with Gasteiger partial charge in [-0.25, -0.2) is 13.1 Å². The van der Waals surface area contributed by atoms with Crippen molar-refractivity contribution in [1.29, 1.82) is 5.26 Å². The van der Waals surface area contributed by atoms with Gasteiger partial charge < -0.3 is 9.73 Å². The fourth-order valence-corrected chi connectivity index (χ4v) is 3.42. The molecule has 3 aromatic rings. The normalized spacial score (nSPS) is 11.0. The first-order chi connectivity index (χ1) is 13.5. The number of nitrogens with one attached hydrogen (secondary N) is 2. The molecule has 0 bridgehead atoms. The van der Waals surface area contributed by atoms with Crippen molar-refractivity contribution >= 4 is 15.9 Å². The van der Waals surface area contributed by atoms with Crippen molar-refractivity contribution in [2.75, 3.05) is 0 Å². The zero-order valence-electron chi connectivity index (χ0n) is 14.8. The average Bonchev–Trinajstić information content (AvgIpc) is 3.25. The second-order valence-electron chi connectivity index (χ2n) is 5.92. The summed E-state index contributed by atoms with van der Waals surface area (Å²) >= 11 is 0. The molecule has 0 aliphatic rings. The maximum Gasteiger partial charge on any atom is 0.251 e. The lowest BCUT2D eigenvalue weighted by atomic mass is 10.1. The van der Waals surface area contributed by atoms with Crippen LogP contribution in [0.25, 0.3) is 0 Å². The third-order valence-corrected chi connectivity index (χ3v) is 5.40. The topological polar surface area (TPSA) is 112 Å². The number of furan rings is 1. The standard InChI is InChI=1S/C20H17N3O4S/c21-12-15-3-5-16(6-4-15)13-22-20(24)17-7-9-19(10-8-17)28(25,26)23-14-18-2-1-11-27-18/h1-11,23H,13-14H2,(H,22,24). The molecule has 0 fully saturated rings. The van der Waals surface area contributed by atoms with Crippen molar-refractivity contribution < 1.29 is 17.6 Å². The molecule has 2 N–H and O–H groups in total. The third kappa shape index (κ3) is 4.85. The number of nitriles is 1. The molecule has 3 rings (SSSR count). The highest BCUT2D eigenvalue weighted by molar-refractivity contribution is 7.89. The number of carbonyl (C=O) groups is 1. The monoisotopic (exact) mass is 395 g/mol. The zero-order valence-corrected chi connectivity index (χ0v) is 15.6. The van der Waals surface area contributed by atoms with Gasteiger partial charge in [-0.3, -0.25) is 4.79 Å². The van der Waals surface area contributed by atoms with Gasteiger partial charge in [-0.2, -0.15) is 5.26 Å². The van der Waals surface area contributed by atoms with Gasteiger partial charge in [0.25, 0.3) is 5.91 Å². The smallest absolute Gasteiger partial charge is 0.251 e. The number of hydrogen-bond donors (Lipinski definition) is 2. The Bertz CT molecular complexity index is 1080. The van der Waals surface area contributed by atoms with Gasteiger partial charge in [0.1, 0.15) is 5.76 Å². The maximum atomic E-state index is 12.3. The van der Waals surface area contributed by atoms with Gasteiger partial charge in [0.05, 0.1) is 29.3 Å². The SMILES string of the molecule is N#Cc1ccc(CNC(=O)c2ccc(S(=O)(=O)NCc3ccco3)cc2)cc1. The quantitative estimate of drug-likeness (QED) is 0.638. The highest BCUT2D eigenvalue weighted by Gasteiger charge is 2.15. The van der Waals surface area contributed by atoms with E-state index in [0.717, 1.165) is 5.56 Å². The Morgan fingerprint density at radius 1 is 1.00 bits per heavy atom. The van der Waals surface area contributed by atoms with E-state index in [4.69, 9.17) is 9.68 Å². The summed E-state index contributed by atoms with van der Waals surface area (Å²) in [7, 11) is -3.71. The van der Waals surface area contributed by atoms with Gasteiger partial charge in [-0.1, -0.05) is 12.1 Å². The Balaban J connectivity index is 1.59. The number of benzene rings is 2. The van der Waals surface area contributed by atoms with E-state index in [1.807, 2.05) is 6.07 Å². The molecule has 1 heterocycles. The van der Waals surface area contributed by atoms with Gasteiger partial charge in [-0.15, -0.1) is 0 Å². The highest BCUT2D eigenvalue weighted by Crippen LogP contribution is 2.12. The molecular weight excluding hydrogens is 378 g/mol. The van der Waals surface area contributed by atoms with E-state index < -0.39 is 10.0 Å². The molecule has 28 heavy (non-hydrogen) atoms. The number of sulfonamides is 1. The predicted octanol–water partition coefficient (Wildman–Crippen LogP) is 2.56. The molecule has 0 atom stereocenters. The largest absolute Gasteiger partial charge is 0.468 e. The molecule has 0 spiro atoms. The van der Waals surface area contributed by atoms with Crippen LogP contribution in [-0.4, -0.2) is 14.3 Å². The fourth-order valence-electron chi connectivity index (χ4n) is 2.43. The molecule has 8 heteroatoms. The molecule has 142 valence electrons. The van der Waals surface area contributed by atoms with E-state index in [1.165, 1.54) is 30.5 Å². The van der Waals surface area contributed by atoms with Crippen LogP contribution in [0.1, 0.15) is 27.2 Å². The Labute approximate surface area is 162 Å². The molecule has 0 unspecified atom stereocenters. The number of carbonyl (C=O) groups excluding carboxylic acids is 1. The van der Waals surface area contributed by atoms with Crippen molar-refractivity contribution in [2.45, 2.75) is 18.0 Å². The van der Waals surface area contributed by atoms with Gasteiger partial charge in [0.2, 0.25) is 10.0 Å². The second-order valence-corrected chi connectivity index (χ2v) is 7.69. The highest BCUT2D eigenvalue weighted by atomic mass is 32.2. The zero-order chi connectivity index (χ0) is 20.0. The van der Waals surface area contributed by atoms with Crippen LogP contribution in [0, 0.1) is 11.3 Å². The molecule has 0 radical (unpaired) electrons. The van der Waals surface area contributed by atoms with Crippen LogP contribution in [-0.2, 0) is 23.1 Å². The summed E-state index contributed by atoms with van der Waals surface area (Å²) in [6, 6.07) is 17.9. The first-order valence-corrected chi connectivity index (χ1v) is 9.85. The summed E-state index contributed by atoms with van der Waals surface area (Å²) in [4.78, 5) is 12.3. The first kappa shape index (κ1) is 19.4. The van der Waals surface area contributed by atoms with Crippen molar-refractivity contribution in [3.8, 4) is 6.07 Å². The van der Waals surface area contributed by atoms with Gasteiger partial charge >= 0.3 is 0 Å². The summed E-state index contributed by atoms with van der Waals surface area (Å²) in [5.74, 6) is 0.180. The number of hydrogen-bond acceptors (Lipinski definition) is 5. The Morgan fingerprint density at radius 3 is 2.32 bits per heavy atom. The molecule has 0 aliphatic heterocycles. The van der Waals surface area contributed by atoms with Crippen LogP contribution >= 0.6 is 0 Å². The molecule has 2 aromatic carbocycles. The summed E-state index contributed by atoms with van der Waals surface area (Å²) in [6.45, 7) is 0.345. The van der Waals surface area contributed by atoms with Crippen LogP contribution in [0.4, 0.5) is 0 Å². The molecule has 0 aliphatic carbocycles. The fraction of sp³-hybridized carbons (Fsp3) is 0.100. The molecule has 0 saturated carbocycles. The van der Waals surface area contributed by atoms with Crippen molar-refractivity contribution in [3.05, 3.63) is 89.4 Å². The maximum absolute atomic E-state index is 12.3. The van der Waals surface area contributed by atoms with Crippen LogP contribution in [0.3, 0.4) is 0 Å². The van der Waals surface area contributed by atoms with E-state index in [1.54, 1.807) is 36.4 Å². The Hall–Kier alpha value is -3.41. The van der Waals surface area contributed by atoms with E-state index in [0.29, 0.717) is 23.4 Å². The Morgan fingerprint density at radius 2 is 1.71 bits per heavy atom. The molecule has 7 nitrogen and oxygen atoms in total. The minimum absolute atomic E-state index is 0.0438. The lowest BCUT2D eigenvalue weighted by Crippen LogP contribution is -2.24. The average molecular weight is 395 g/mol. The molecule has 1 amide bonds. The van der Waals surface area contributed by atoms with Gasteiger partial charge in [0.15, 0.2) is 0 Å². The predicted molar refractivity (Wildman–Crippen MR) is 102 cm³/mol. The van der Waals surface area contributed by atoms with Gasteiger partial charge in [-0.05, 0) is 54.1 Å². The summed E-state index contributed by atoms with van der Waals surface area (Å²) in [6.07, 6.45) is 1.47. The Kier molecular flexibility index (Phi) is 5.89. The second kappa shape index (κ2) is 8.52.